The molecule has 0 aliphatic heterocycles. The van der Waals surface area contributed by atoms with E-state index >= 15 is 0 Å². The van der Waals surface area contributed by atoms with Crippen LogP contribution in [0.25, 0.3) is 16.2 Å². The molecule has 0 amide bonds. The van der Waals surface area contributed by atoms with Gasteiger partial charge < -0.3 is 0 Å². The molecule has 0 N–H and O–H groups in total. The van der Waals surface area contributed by atoms with Crippen molar-refractivity contribution in [3.05, 3.63) is 40.0 Å². The van der Waals surface area contributed by atoms with Crippen LogP contribution in [-0.4, -0.2) is 20.9 Å². The zero-order valence-corrected chi connectivity index (χ0v) is 14.3. The first kappa shape index (κ1) is 14.9. The predicted octanol–water partition coefficient (Wildman–Crippen LogP) is 4.18. The van der Waals surface area contributed by atoms with Crippen molar-refractivity contribution >= 4 is 22.6 Å². The highest BCUT2D eigenvalue weighted by molar-refractivity contribution is 7.16. The summed E-state index contributed by atoms with van der Waals surface area (Å²) in [6, 6.07) is 6.13. The van der Waals surface area contributed by atoms with Crippen LogP contribution >= 0.6 is 11.3 Å². The summed E-state index contributed by atoms with van der Waals surface area (Å²) in [5, 5.41) is 5.56. The van der Waals surface area contributed by atoms with E-state index in [0.29, 0.717) is 11.4 Å². The quantitative estimate of drug-likeness (QED) is 0.667. The number of rotatable bonds is 2. The highest BCUT2D eigenvalue weighted by atomic mass is 32.1. The molecule has 0 aliphatic carbocycles. The SMILES string of the molecule is Cc1ccc(-c2nc3sc(C(C)(C)C)nn3c2C=O)cc1C. The third kappa shape index (κ3) is 2.35. The van der Waals surface area contributed by atoms with Crippen molar-refractivity contribution in [2.45, 2.75) is 40.0 Å². The van der Waals surface area contributed by atoms with Crippen LogP contribution < -0.4 is 0 Å². The number of benzene rings is 1. The van der Waals surface area contributed by atoms with Crippen LogP contribution in [0.4, 0.5) is 0 Å². The lowest BCUT2D eigenvalue weighted by atomic mass is 9.98. The molecule has 0 saturated carbocycles. The maximum atomic E-state index is 11.6. The molecule has 0 unspecified atom stereocenters. The molecule has 114 valence electrons. The molecular weight excluding hydrogens is 294 g/mol. The van der Waals surface area contributed by atoms with Crippen molar-refractivity contribution in [2.24, 2.45) is 0 Å². The first-order valence-corrected chi connectivity index (χ1v) is 8.06. The molecule has 2 heterocycles. The Morgan fingerprint density at radius 1 is 1.18 bits per heavy atom. The predicted molar refractivity (Wildman–Crippen MR) is 89.9 cm³/mol. The van der Waals surface area contributed by atoms with E-state index in [2.05, 4.69) is 56.8 Å². The van der Waals surface area contributed by atoms with Gasteiger partial charge in [-0.1, -0.05) is 44.2 Å². The van der Waals surface area contributed by atoms with Gasteiger partial charge in [0.05, 0.1) is 0 Å². The van der Waals surface area contributed by atoms with Gasteiger partial charge in [0.2, 0.25) is 4.96 Å². The van der Waals surface area contributed by atoms with Crippen LogP contribution in [0.2, 0.25) is 0 Å². The van der Waals surface area contributed by atoms with E-state index in [4.69, 9.17) is 0 Å². The number of aryl methyl sites for hydroxylation is 2. The van der Waals surface area contributed by atoms with Crippen LogP contribution in [-0.2, 0) is 5.41 Å². The molecule has 0 aliphatic rings. The Balaban J connectivity index is 2.20. The summed E-state index contributed by atoms with van der Waals surface area (Å²) in [6.45, 7) is 10.5. The normalized spacial score (nSPS) is 12.0. The fourth-order valence-corrected chi connectivity index (χ4v) is 3.24. The Hall–Kier alpha value is -2.01. The first-order valence-electron chi connectivity index (χ1n) is 7.24. The van der Waals surface area contributed by atoms with Crippen molar-refractivity contribution in [3.8, 4) is 11.3 Å². The minimum atomic E-state index is -0.0495. The van der Waals surface area contributed by atoms with Crippen LogP contribution in [0.1, 0.15) is 47.4 Å². The van der Waals surface area contributed by atoms with E-state index in [-0.39, 0.29) is 5.41 Å². The van der Waals surface area contributed by atoms with Crippen molar-refractivity contribution in [1.29, 1.82) is 0 Å². The lowest BCUT2D eigenvalue weighted by molar-refractivity contribution is 0.111. The molecule has 4 nitrogen and oxygen atoms in total. The Kier molecular flexibility index (Phi) is 3.40. The topological polar surface area (TPSA) is 47.3 Å². The third-order valence-corrected chi connectivity index (χ3v) is 5.11. The molecule has 0 radical (unpaired) electrons. The highest BCUT2D eigenvalue weighted by Crippen LogP contribution is 2.31. The molecular formula is C17H19N3OS. The summed E-state index contributed by atoms with van der Waals surface area (Å²) in [6.07, 6.45) is 0.844. The minimum Gasteiger partial charge on any atom is -0.296 e. The van der Waals surface area contributed by atoms with E-state index in [0.717, 1.165) is 21.8 Å². The molecule has 3 rings (SSSR count). The zero-order chi connectivity index (χ0) is 16.1. The van der Waals surface area contributed by atoms with Crippen molar-refractivity contribution < 1.29 is 4.79 Å². The van der Waals surface area contributed by atoms with Gasteiger partial charge in [0.15, 0.2) is 6.29 Å². The number of carbonyl (C=O) groups is 1. The maximum Gasteiger partial charge on any atom is 0.213 e. The standard InChI is InChI=1S/C17H19N3OS/c1-10-6-7-12(8-11(10)2)14-13(9-21)20-16(18-14)22-15(19-20)17(3,4)5/h6-9H,1-5H3. The number of aromatic nitrogens is 3. The summed E-state index contributed by atoms with van der Waals surface area (Å²) in [5.74, 6) is 0. The van der Waals surface area contributed by atoms with Gasteiger partial charge in [-0.25, -0.2) is 4.98 Å². The molecule has 5 heteroatoms. The average Bonchev–Trinajstić information content (AvgIpc) is 2.98. The smallest absolute Gasteiger partial charge is 0.213 e. The first-order chi connectivity index (χ1) is 10.3. The van der Waals surface area contributed by atoms with E-state index in [1.54, 1.807) is 4.52 Å². The molecule has 0 atom stereocenters. The largest absolute Gasteiger partial charge is 0.296 e. The lowest BCUT2D eigenvalue weighted by Gasteiger charge is -2.12. The minimum absolute atomic E-state index is 0.0495. The number of carbonyl (C=O) groups excluding carboxylic acids is 1. The van der Waals surface area contributed by atoms with Gasteiger partial charge in [-0.15, -0.1) is 0 Å². The van der Waals surface area contributed by atoms with E-state index < -0.39 is 0 Å². The molecule has 22 heavy (non-hydrogen) atoms. The molecule has 0 spiro atoms. The average molecular weight is 313 g/mol. The number of aldehydes is 1. The van der Waals surface area contributed by atoms with Crippen LogP contribution in [0.15, 0.2) is 18.2 Å². The van der Waals surface area contributed by atoms with Crippen molar-refractivity contribution in [1.82, 2.24) is 14.6 Å². The second-order valence-corrected chi connectivity index (χ2v) is 7.57. The number of fused-ring (bicyclic) bond motifs is 1. The Morgan fingerprint density at radius 2 is 1.91 bits per heavy atom. The van der Waals surface area contributed by atoms with Gasteiger partial charge in [-0.3, -0.25) is 4.79 Å². The summed E-state index contributed by atoms with van der Waals surface area (Å²) >= 11 is 1.54. The van der Waals surface area contributed by atoms with Gasteiger partial charge >= 0.3 is 0 Å². The molecule has 3 aromatic rings. The number of imidazole rings is 1. The van der Waals surface area contributed by atoms with Gasteiger partial charge in [-0.2, -0.15) is 9.61 Å². The molecule has 0 saturated heterocycles. The fraction of sp³-hybridized carbons (Fsp3) is 0.353. The van der Waals surface area contributed by atoms with E-state index in [9.17, 15) is 4.79 Å². The Labute approximate surface area is 133 Å². The fourth-order valence-electron chi connectivity index (χ4n) is 2.27. The number of hydrogen-bond acceptors (Lipinski definition) is 4. The molecule has 0 fully saturated rings. The summed E-state index contributed by atoms with van der Waals surface area (Å²) in [4.78, 5) is 17.0. The molecule has 0 bridgehead atoms. The summed E-state index contributed by atoms with van der Waals surface area (Å²) in [5.41, 5.74) is 4.55. The van der Waals surface area contributed by atoms with Gasteiger partial charge in [-0.05, 0) is 31.0 Å². The Morgan fingerprint density at radius 3 is 2.50 bits per heavy atom. The third-order valence-electron chi connectivity index (χ3n) is 3.77. The van der Waals surface area contributed by atoms with Gasteiger partial charge in [0.25, 0.3) is 0 Å². The zero-order valence-electron chi connectivity index (χ0n) is 13.5. The van der Waals surface area contributed by atoms with Crippen LogP contribution in [0.5, 0.6) is 0 Å². The summed E-state index contributed by atoms with van der Waals surface area (Å²) < 4.78 is 1.67. The van der Waals surface area contributed by atoms with Crippen LogP contribution in [0.3, 0.4) is 0 Å². The van der Waals surface area contributed by atoms with Crippen molar-refractivity contribution in [3.63, 3.8) is 0 Å². The summed E-state index contributed by atoms with van der Waals surface area (Å²) in [7, 11) is 0. The van der Waals surface area contributed by atoms with Gasteiger partial charge in [0, 0.05) is 11.0 Å². The second-order valence-electron chi connectivity index (χ2n) is 6.61. The maximum absolute atomic E-state index is 11.6. The Bertz CT molecular complexity index is 868. The van der Waals surface area contributed by atoms with Crippen molar-refractivity contribution in [2.75, 3.05) is 0 Å². The van der Waals surface area contributed by atoms with Crippen LogP contribution in [0, 0.1) is 13.8 Å². The lowest BCUT2D eigenvalue weighted by Crippen LogP contribution is -2.11. The molecule has 1 aromatic carbocycles. The monoisotopic (exact) mass is 313 g/mol. The number of hydrogen-bond donors (Lipinski definition) is 0. The van der Waals surface area contributed by atoms with Gasteiger partial charge in [0.1, 0.15) is 16.4 Å². The number of nitrogens with zero attached hydrogens (tertiary/aromatic N) is 3. The van der Waals surface area contributed by atoms with E-state index in [1.807, 2.05) is 6.07 Å². The van der Waals surface area contributed by atoms with E-state index in [1.165, 1.54) is 22.5 Å². The second kappa shape index (κ2) is 5.02. The molecule has 2 aromatic heterocycles. The highest BCUT2D eigenvalue weighted by Gasteiger charge is 2.23.